The van der Waals surface area contributed by atoms with Gasteiger partial charge in [-0.3, -0.25) is 4.79 Å². The highest BCUT2D eigenvalue weighted by Gasteiger charge is 2.69. The number of ketones is 1. The first-order chi connectivity index (χ1) is 15.7. The van der Waals surface area contributed by atoms with Crippen LogP contribution in [0.4, 0.5) is 4.39 Å². The number of allylic oxidation sites excluding steroid dienone is 6. The highest BCUT2D eigenvalue weighted by atomic mass is 32.2. The molecule has 1 aromatic carbocycles. The number of carbonyl (C=O) groups excluding carboxylic acids is 2. The SMILES string of the molecule is C[C@]12C=CC(=O)C=C1CC[C@H]1[C@@H]3CC=C(SCOC(=O)c4ccccc4)[C@@]3(C)C[C@H](O)[C@@]12F. The van der Waals surface area contributed by atoms with Crippen LogP contribution in [0.15, 0.2) is 65.1 Å². The highest BCUT2D eigenvalue weighted by Crippen LogP contribution is 2.68. The fourth-order valence-corrected chi connectivity index (χ4v) is 7.84. The van der Waals surface area contributed by atoms with Crippen molar-refractivity contribution in [3.8, 4) is 0 Å². The van der Waals surface area contributed by atoms with Gasteiger partial charge in [0.15, 0.2) is 11.5 Å². The summed E-state index contributed by atoms with van der Waals surface area (Å²) in [5.74, 6) is -0.548. The van der Waals surface area contributed by atoms with E-state index in [0.29, 0.717) is 24.8 Å². The Kier molecular flexibility index (Phi) is 5.44. The van der Waals surface area contributed by atoms with Crippen LogP contribution in [0, 0.1) is 22.7 Å². The molecule has 4 aliphatic rings. The Morgan fingerprint density at radius 3 is 2.76 bits per heavy atom. The second-order valence-corrected chi connectivity index (χ2v) is 11.1. The molecule has 0 bridgehead atoms. The first-order valence-corrected chi connectivity index (χ1v) is 12.6. The van der Waals surface area contributed by atoms with Crippen molar-refractivity contribution in [2.45, 2.75) is 51.3 Å². The van der Waals surface area contributed by atoms with Crippen LogP contribution in [-0.2, 0) is 9.53 Å². The first-order valence-electron chi connectivity index (χ1n) is 11.6. The number of halogens is 1. The van der Waals surface area contributed by atoms with Crippen LogP contribution in [0.1, 0.15) is 49.9 Å². The third kappa shape index (κ3) is 3.28. The van der Waals surface area contributed by atoms with E-state index >= 15 is 4.39 Å². The fraction of sp³-hybridized carbons (Fsp3) is 0.481. The molecule has 0 saturated heterocycles. The van der Waals surface area contributed by atoms with E-state index in [4.69, 9.17) is 4.74 Å². The second-order valence-electron chi connectivity index (χ2n) is 10.1. The van der Waals surface area contributed by atoms with Crippen molar-refractivity contribution in [3.05, 3.63) is 70.7 Å². The first kappa shape index (κ1) is 22.6. The summed E-state index contributed by atoms with van der Waals surface area (Å²) in [5.41, 5.74) is -1.84. The van der Waals surface area contributed by atoms with Gasteiger partial charge in [0.05, 0.1) is 11.7 Å². The molecular formula is C27H29FO4S. The smallest absolute Gasteiger partial charge is 0.338 e. The predicted molar refractivity (Wildman–Crippen MR) is 126 cm³/mol. The van der Waals surface area contributed by atoms with Crippen LogP contribution in [0.3, 0.4) is 0 Å². The van der Waals surface area contributed by atoms with Crippen LogP contribution in [-0.4, -0.2) is 34.6 Å². The number of fused-ring (bicyclic) bond motifs is 5. The molecule has 1 N–H and O–H groups in total. The van der Waals surface area contributed by atoms with Gasteiger partial charge < -0.3 is 9.84 Å². The van der Waals surface area contributed by atoms with Crippen molar-refractivity contribution in [1.82, 2.24) is 0 Å². The lowest BCUT2D eigenvalue weighted by Crippen LogP contribution is -2.66. The maximum atomic E-state index is 17.0. The summed E-state index contributed by atoms with van der Waals surface area (Å²) in [5, 5.41) is 11.3. The Morgan fingerprint density at radius 2 is 2.00 bits per heavy atom. The lowest BCUT2D eigenvalue weighted by Gasteiger charge is -2.61. The number of benzene rings is 1. The molecule has 0 aliphatic heterocycles. The Labute approximate surface area is 198 Å². The Morgan fingerprint density at radius 1 is 1.24 bits per heavy atom. The molecule has 4 nitrogen and oxygen atoms in total. The standard InChI is InChI=1S/C27H29FO4S/c1-25-15-22(30)27(28)21(9-8-18-14-19(29)12-13-26(18,27)2)20(25)10-11-23(25)33-16-32-24(31)17-6-4-3-5-7-17/h3-7,11-14,20-22,30H,8-10,15-16H2,1-2H3/t20-,21-,22-,25-,26-,27-/m0/s1. The van der Waals surface area contributed by atoms with Gasteiger partial charge in [-0.1, -0.05) is 54.6 Å². The Hall–Kier alpha value is -2.18. The summed E-state index contributed by atoms with van der Waals surface area (Å²) < 4.78 is 22.4. The van der Waals surface area contributed by atoms with E-state index in [0.717, 1.165) is 16.9 Å². The molecule has 0 unspecified atom stereocenters. The Balaban J connectivity index is 1.33. The molecule has 0 heterocycles. The van der Waals surface area contributed by atoms with E-state index in [1.165, 1.54) is 17.8 Å². The molecule has 0 aromatic heterocycles. The molecule has 6 atom stereocenters. The largest absolute Gasteiger partial charge is 0.451 e. The lowest BCUT2D eigenvalue weighted by molar-refractivity contribution is -0.184. The predicted octanol–water partition coefficient (Wildman–Crippen LogP) is 5.40. The van der Waals surface area contributed by atoms with E-state index < -0.39 is 17.2 Å². The Bertz CT molecular complexity index is 1080. The van der Waals surface area contributed by atoms with Crippen molar-refractivity contribution in [2.24, 2.45) is 22.7 Å². The van der Waals surface area contributed by atoms with Gasteiger partial charge in [0, 0.05) is 16.7 Å². The van der Waals surface area contributed by atoms with Crippen molar-refractivity contribution in [2.75, 3.05) is 5.94 Å². The molecule has 174 valence electrons. The normalized spacial score (nSPS) is 39.2. The number of hydrogen-bond acceptors (Lipinski definition) is 5. The molecule has 2 fully saturated rings. The summed E-state index contributed by atoms with van der Waals surface area (Å²) >= 11 is 1.47. The van der Waals surface area contributed by atoms with Gasteiger partial charge in [-0.15, -0.1) is 0 Å². The zero-order valence-electron chi connectivity index (χ0n) is 18.9. The molecular weight excluding hydrogens is 439 g/mol. The number of ether oxygens (including phenoxy) is 1. The molecule has 33 heavy (non-hydrogen) atoms. The minimum absolute atomic E-state index is 0.0580. The fourth-order valence-electron chi connectivity index (χ4n) is 6.77. The van der Waals surface area contributed by atoms with Gasteiger partial charge in [0.25, 0.3) is 0 Å². The van der Waals surface area contributed by atoms with Gasteiger partial charge in [-0.2, -0.15) is 0 Å². The number of alkyl halides is 1. The quantitative estimate of drug-likeness (QED) is 0.474. The highest BCUT2D eigenvalue weighted by molar-refractivity contribution is 8.03. The number of rotatable bonds is 4. The summed E-state index contributed by atoms with van der Waals surface area (Å²) in [7, 11) is 0. The number of thioether (sulfide) groups is 1. The zero-order chi connectivity index (χ0) is 23.4. The lowest BCUT2D eigenvalue weighted by atomic mass is 9.46. The summed E-state index contributed by atoms with van der Waals surface area (Å²) in [6.07, 6.45) is 8.01. The van der Waals surface area contributed by atoms with Crippen molar-refractivity contribution in [1.29, 1.82) is 0 Å². The summed E-state index contributed by atoms with van der Waals surface area (Å²) in [6.45, 7) is 3.94. The van der Waals surface area contributed by atoms with Crippen molar-refractivity contribution < 1.29 is 23.8 Å². The molecule has 4 aliphatic carbocycles. The van der Waals surface area contributed by atoms with E-state index in [-0.39, 0.29) is 34.9 Å². The third-order valence-electron chi connectivity index (χ3n) is 8.57. The number of aliphatic hydroxyl groups is 1. The topological polar surface area (TPSA) is 63.6 Å². The molecule has 1 aromatic rings. The molecule has 5 rings (SSSR count). The van der Waals surface area contributed by atoms with Crippen LogP contribution < -0.4 is 0 Å². The molecule has 0 spiro atoms. The van der Waals surface area contributed by atoms with E-state index in [1.54, 1.807) is 36.4 Å². The van der Waals surface area contributed by atoms with Gasteiger partial charge in [-0.05, 0) is 67.7 Å². The molecule has 0 radical (unpaired) electrons. The van der Waals surface area contributed by atoms with Gasteiger partial charge >= 0.3 is 5.97 Å². The number of esters is 1. The van der Waals surface area contributed by atoms with Crippen LogP contribution in [0.25, 0.3) is 0 Å². The van der Waals surface area contributed by atoms with E-state index in [9.17, 15) is 14.7 Å². The zero-order valence-corrected chi connectivity index (χ0v) is 19.7. The maximum Gasteiger partial charge on any atom is 0.338 e. The van der Waals surface area contributed by atoms with Crippen molar-refractivity contribution in [3.63, 3.8) is 0 Å². The number of hydrogen-bond donors (Lipinski definition) is 1. The van der Waals surface area contributed by atoms with Crippen LogP contribution in [0.5, 0.6) is 0 Å². The number of aliphatic hydroxyl groups excluding tert-OH is 1. The monoisotopic (exact) mass is 468 g/mol. The van der Waals surface area contributed by atoms with Crippen LogP contribution >= 0.6 is 11.8 Å². The number of carbonyl (C=O) groups is 2. The second kappa shape index (κ2) is 7.95. The van der Waals surface area contributed by atoms with E-state index in [1.807, 2.05) is 13.0 Å². The van der Waals surface area contributed by atoms with Crippen molar-refractivity contribution >= 4 is 23.5 Å². The van der Waals surface area contributed by atoms with Gasteiger partial charge in [0.1, 0.15) is 5.94 Å². The maximum absolute atomic E-state index is 17.0. The molecule has 2 saturated carbocycles. The summed E-state index contributed by atoms with van der Waals surface area (Å²) in [4.78, 5) is 25.3. The third-order valence-corrected chi connectivity index (χ3v) is 9.74. The van der Waals surface area contributed by atoms with E-state index in [2.05, 4.69) is 13.0 Å². The minimum atomic E-state index is -1.81. The average Bonchev–Trinajstić information content (AvgIpc) is 3.11. The molecule has 0 amide bonds. The summed E-state index contributed by atoms with van der Waals surface area (Å²) in [6, 6.07) is 8.88. The minimum Gasteiger partial charge on any atom is -0.451 e. The molecule has 6 heteroatoms. The van der Waals surface area contributed by atoms with Crippen LogP contribution in [0.2, 0.25) is 0 Å². The average molecular weight is 469 g/mol. The van der Waals surface area contributed by atoms with Gasteiger partial charge in [0.2, 0.25) is 0 Å². The van der Waals surface area contributed by atoms with Gasteiger partial charge in [-0.25, -0.2) is 9.18 Å².